The smallest absolute Gasteiger partial charge is 0.407 e. The molecule has 1 aromatic carbocycles. The fourth-order valence-corrected chi connectivity index (χ4v) is 1.13. The fraction of sp³-hybridized carbons (Fsp3) is 0.364. The van der Waals surface area contributed by atoms with Crippen LogP contribution in [0.15, 0.2) is 24.3 Å². The van der Waals surface area contributed by atoms with Gasteiger partial charge in [0.15, 0.2) is 0 Å². The third kappa shape index (κ3) is 4.29. The number of rotatable bonds is 5. The van der Waals surface area contributed by atoms with E-state index in [9.17, 15) is 4.79 Å². The van der Waals surface area contributed by atoms with Gasteiger partial charge < -0.3 is 20.3 Å². The van der Waals surface area contributed by atoms with Crippen molar-refractivity contribution in [1.29, 1.82) is 0 Å². The van der Waals surface area contributed by atoms with Gasteiger partial charge in [0.1, 0.15) is 6.61 Å². The van der Waals surface area contributed by atoms with Crippen molar-refractivity contribution in [2.45, 2.75) is 13.2 Å². The molecule has 5 heteroatoms. The highest BCUT2D eigenvalue weighted by molar-refractivity contribution is 5.67. The zero-order chi connectivity index (χ0) is 11.8. The van der Waals surface area contributed by atoms with Crippen LogP contribution in [0.4, 0.5) is 4.79 Å². The van der Waals surface area contributed by atoms with Gasteiger partial charge in [-0.25, -0.2) is 4.79 Å². The average Bonchev–Trinajstić information content (AvgIpc) is 2.34. The summed E-state index contributed by atoms with van der Waals surface area (Å²) in [6.45, 7) is 0.177. The van der Waals surface area contributed by atoms with Crippen molar-refractivity contribution >= 4 is 6.09 Å². The third-order valence-electron chi connectivity index (χ3n) is 1.97. The largest absolute Gasteiger partial charge is 0.447 e. The summed E-state index contributed by atoms with van der Waals surface area (Å²) in [4.78, 5) is 11.0. The molecular weight excluding hydrogens is 210 g/mol. The van der Waals surface area contributed by atoms with Crippen molar-refractivity contribution in [1.82, 2.24) is 5.32 Å². The Morgan fingerprint density at radius 2 is 1.81 bits per heavy atom. The summed E-state index contributed by atoms with van der Waals surface area (Å²) < 4.78 is 4.62. The maximum absolute atomic E-state index is 11.0. The monoisotopic (exact) mass is 225 g/mol. The molecule has 0 unspecified atom stereocenters. The number of hydrogen-bond donors (Lipinski definition) is 3. The molecular formula is C11H15NO4. The highest BCUT2D eigenvalue weighted by Gasteiger charge is 2.00. The molecule has 0 bridgehead atoms. The number of nitrogens with one attached hydrogen (secondary N) is 1. The Balaban J connectivity index is 2.33. The second kappa shape index (κ2) is 6.81. The van der Waals surface area contributed by atoms with E-state index < -0.39 is 6.09 Å². The lowest BCUT2D eigenvalue weighted by Gasteiger charge is -2.06. The molecule has 0 aliphatic carbocycles. The quantitative estimate of drug-likeness (QED) is 0.677. The first-order valence-corrected chi connectivity index (χ1v) is 4.96. The topological polar surface area (TPSA) is 78.8 Å². The molecule has 0 heterocycles. The van der Waals surface area contributed by atoms with Gasteiger partial charge in [-0.2, -0.15) is 0 Å². The normalized spacial score (nSPS) is 9.88. The van der Waals surface area contributed by atoms with E-state index in [0.29, 0.717) is 6.54 Å². The van der Waals surface area contributed by atoms with Gasteiger partial charge in [0.25, 0.3) is 0 Å². The summed E-state index contributed by atoms with van der Waals surface area (Å²) in [6.07, 6.45) is -0.555. The van der Waals surface area contributed by atoms with Crippen LogP contribution in [0.2, 0.25) is 0 Å². The van der Waals surface area contributed by atoms with Crippen LogP contribution in [0.1, 0.15) is 11.1 Å². The third-order valence-corrected chi connectivity index (χ3v) is 1.97. The second-order valence-corrected chi connectivity index (χ2v) is 3.19. The SMILES string of the molecule is O=C(NCc1ccc(CO)cc1)OCCO. The van der Waals surface area contributed by atoms with Gasteiger partial charge in [-0.15, -0.1) is 0 Å². The number of amides is 1. The lowest BCUT2D eigenvalue weighted by Crippen LogP contribution is -2.24. The highest BCUT2D eigenvalue weighted by atomic mass is 16.6. The molecule has 0 atom stereocenters. The molecule has 0 spiro atoms. The highest BCUT2D eigenvalue weighted by Crippen LogP contribution is 2.03. The van der Waals surface area contributed by atoms with Crippen molar-refractivity contribution in [3.8, 4) is 0 Å². The van der Waals surface area contributed by atoms with E-state index in [1.165, 1.54) is 0 Å². The molecule has 1 rings (SSSR count). The molecule has 0 aromatic heterocycles. The Labute approximate surface area is 93.7 Å². The van der Waals surface area contributed by atoms with Gasteiger partial charge in [-0.3, -0.25) is 0 Å². The van der Waals surface area contributed by atoms with Gasteiger partial charge in [0, 0.05) is 6.54 Å². The van der Waals surface area contributed by atoms with E-state index in [4.69, 9.17) is 10.2 Å². The number of aliphatic hydroxyl groups excluding tert-OH is 2. The minimum absolute atomic E-state index is 0.00468. The van der Waals surface area contributed by atoms with Crippen molar-refractivity contribution in [3.63, 3.8) is 0 Å². The summed E-state index contributed by atoms with van der Waals surface area (Å²) in [7, 11) is 0. The first-order valence-electron chi connectivity index (χ1n) is 4.96. The van der Waals surface area contributed by atoms with E-state index in [-0.39, 0.29) is 19.8 Å². The minimum Gasteiger partial charge on any atom is -0.447 e. The van der Waals surface area contributed by atoms with Crippen LogP contribution in [0.3, 0.4) is 0 Å². The fourth-order valence-electron chi connectivity index (χ4n) is 1.13. The van der Waals surface area contributed by atoms with Crippen LogP contribution in [0, 0.1) is 0 Å². The first-order chi connectivity index (χ1) is 7.76. The van der Waals surface area contributed by atoms with Crippen LogP contribution < -0.4 is 5.32 Å². The lowest BCUT2D eigenvalue weighted by atomic mass is 10.1. The Bertz CT molecular complexity index is 323. The molecule has 16 heavy (non-hydrogen) atoms. The predicted molar refractivity (Wildman–Crippen MR) is 57.6 cm³/mol. The van der Waals surface area contributed by atoms with Crippen LogP contribution >= 0.6 is 0 Å². The summed E-state index contributed by atoms with van der Waals surface area (Å²) in [6, 6.07) is 7.21. The van der Waals surface area contributed by atoms with Gasteiger partial charge in [0.2, 0.25) is 0 Å². The van der Waals surface area contributed by atoms with E-state index in [1.54, 1.807) is 12.1 Å². The Morgan fingerprint density at radius 3 is 2.38 bits per heavy atom. The predicted octanol–water partition coefficient (Wildman–Crippen LogP) is 0.397. The summed E-state index contributed by atoms with van der Waals surface area (Å²) in [5.74, 6) is 0. The Hall–Kier alpha value is -1.59. The van der Waals surface area contributed by atoms with Crippen LogP contribution in [-0.2, 0) is 17.9 Å². The lowest BCUT2D eigenvalue weighted by molar-refractivity contribution is 0.119. The number of carbonyl (C=O) groups excluding carboxylic acids is 1. The van der Waals surface area contributed by atoms with Gasteiger partial charge in [-0.05, 0) is 11.1 Å². The molecule has 0 fully saturated rings. The van der Waals surface area contributed by atoms with E-state index in [2.05, 4.69) is 10.1 Å². The number of benzene rings is 1. The number of aliphatic hydroxyl groups is 2. The first kappa shape index (κ1) is 12.5. The average molecular weight is 225 g/mol. The molecule has 5 nitrogen and oxygen atoms in total. The maximum atomic E-state index is 11.0. The Morgan fingerprint density at radius 1 is 1.19 bits per heavy atom. The molecule has 0 radical (unpaired) electrons. The zero-order valence-electron chi connectivity index (χ0n) is 8.85. The maximum Gasteiger partial charge on any atom is 0.407 e. The summed E-state index contributed by atoms with van der Waals surface area (Å²) in [5.41, 5.74) is 1.74. The molecule has 0 saturated heterocycles. The van der Waals surface area contributed by atoms with E-state index in [1.807, 2.05) is 12.1 Å². The van der Waals surface area contributed by atoms with Crippen molar-refractivity contribution < 1.29 is 19.7 Å². The molecule has 0 aliphatic rings. The molecule has 88 valence electrons. The summed E-state index contributed by atoms with van der Waals surface area (Å²) in [5, 5.41) is 19.8. The van der Waals surface area contributed by atoms with E-state index in [0.717, 1.165) is 11.1 Å². The standard InChI is InChI=1S/C11H15NO4/c13-5-6-16-11(15)12-7-9-1-3-10(8-14)4-2-9/h1-4,13-14H,5-8H2,(H,12,15). The number of hydrogen-bond acceptors (Lipinski definition) is 4. The van der Waals surface area contributed by atoms with Crippen LogP contribution in [-0.4, -0.2) is 29.5 Å². The Kier molecular flexibility index (Phi) is 5.31. The van der Waals surface area contributed by atoms with Crippen molar-refractivity contribution in [3.05, 3.63) is 35.4 Å². The molecule has 1 aromatic rings. The van der Waals surface area contributed by atoms with Crippen molar-refractivity contribution in [2.75, 3.05) is 13.2 Å². The zero-order valence-corrected chi connectivity index (χ0v) is 8.85. The molecule has 3 N–H and O–H groups in total. The second-order valence-electron chi connectivity index (χ2n) is 3.19. The van der Waals surface area contributed by atoms with Crippen LogP contribution in [0.5, 0.6) is 0 Å². The van der Waals surface area contributed by atoms with Crippen LogP contribution in [0.25, 0.3) is 0 Å². The minimum atomic E-state index is -0.555. The van der Waals surface area contributed by atoms with Gasteiger partial charge in [-0.1, -0.05) is 24.3 Å². The van der Waals surface area contributed by atoms with Gasteiger partial charge >= 0.3 is 6.09 Å². The molecule has 0 aliphatic heterocycles. The molecule has 0 saturated carbocycles. The number of alkyl carbamates (subject to hydrolysis) is 1. The van der Waals surface area contributed by atoms with E-state index >= 15 is 0 Å². The number of ether oxygens (including phenoxy) is 1. The summed E-state index contributed by atoms with van der Waals surface area (Å²) >= 11 is 0. The molecule has 1 amide bonds. The van der Waals surface area contributed by atoms with Gasteiger partial charge in [0.05, 0.1) is 13.2 Å². The van der Waals surface area contributed by atoms with Crippen molar-refractivity contribution in [2.24, 2.45) is 0 Å². The number of carbonyl (C=O) groups is 1.